The molecule has 2 aliphatic heterocycles. The molecule has 4 rings (SSSR count). The van der Waals surface area contributed by atoms with Crippen LogP contribution in [0, 0.1) is 0 Å². The molecule has 2 amide bonds. The number of aromatic nitrogens is 2. The van der Waals surface area contributed by atoms with Crippen molar-refractivity contribution in [3.8, 4) is 0 Å². The summed E-state index contributed by atoms with van der Waals surface area (Å²) in [6, 6.07) is 8.07. The van der Waals surface area contributed by atoms with Crippen LogP contribution in [0.5, 0.6) is 0 Å². The van der Waals surface area contributed by atoms with E-state index in [0.29, 0.717) is 5.69 Å². The summed E-state index contributed by atoms with van der Waals surface area (Å²) >= 11 is 0. The zero-order chi connectivity index (χ0) is 29.1. The van der Waals surface area contributed by atoms with Gasteiger partial charge in [0.2, 0.25) is 12.2 Å². The van der Waals surface area contributed by atoms with Gasteiger partial charge in [0, 0.05) is 25.1 Å². The second-order valence-corrected chi connectivity index (χ2v) is 9.17. The maximum Gasteiger partial charge on any atom is 0.330 e. The number of benzene rings is 1. The van der Waals surface area contributed by atoms with Gasteiger partial charge in [-0.1, -0.05) is 19.1 Å². The van der Waals surface area contributed by atoms with Crippen molar-refractivity contribution in [2.45, 2.75) is 62.5 Å². The molecule has 216 valence electrons. The first-order chi connectivity index (χ1) is 19.0. The molecule has 8 atom stereocenters. The van der Waals surface area contributed by atoms with Gasteiger partial charge in [0.05, 0.1) is 0 Å². The Kier molecular flexibility index (Phi) is 8.82. The lowest BCUT2D eigenvalue weighted by Gasteiger charge is -2.35. The average Bonchev–Trinajstić information content (AvgIpc) is 3.24. The fraction of sp³-hybridized carbons (Fsp3) is 0.440. The summed E-state index contributed by atoms with van der Waals surface area (Å²) < 4.78 is 23.0. The Labute approximate surface area is 226 Å². The number of aromatic amines is 1. The number of primary amides is 1. The van der Waals surface area contributed by atoms with Crippen LogP contribution >= 0.6 is 0 Å². The molecule has 0 bridgehead atoms. The number of anilines is 1. The van der Waals surface area contributed by atoms with Crippen LogP contribution in [0.4, 0.5) is 5.69 Å². The normalized spacial score (nSPS) is 28.8. The van der Waals surface area contributed by atoms with Gasteiger partial charge in [-0.15, -0.1) is 0 Å². The number of amides is 2. The minimum atomic E-state index is -1.78. The van der Waals surface area contributed by atoms with Gasteiger partial charge in [-0.2, -0.15) is 0 Å². The standard InChI is InChI=1S/C25H30N4O11/c1-3-11-5-4-6-12(9-11)27-22(35)14-10-13(30)16(32)24(38-14)40-20(21(26)34)19-18(37-2)17(33)23(39-19)29-8-7-15(31)28-25(29)36/h4-10,13,16-20,23-24,30,32-33H,3H2,1-2H3,(H2,26,34)(H,27,35)(H,28,31,36)/t13-,16-,17+,18-,19-,20+,23+,24+/m0/s1. The summed E-state index contributed by atoms with van der Waals surface area (Å²) in [4.78, 5) is 51.0. The molecular weight excluding hydrogens is 532 g/mol. The molecule has 0 unspecified atom stereocenters. The van der Waals surface area contributed by atoms with Gasteiger partial charge in [0.15, 0.2) is 18.1 Å². The van der Waals surface area contributed by atoms with Gasteiger partial charge in [0.25, 0.3) is 11.5 Å². The third-order valence-corrected chi connectivity index (χ3v) is 6.52. The Bertz CT molecular complexity index is 1390. The van der Waals surface area contributed by atoms with E-state index in [1.165, 1.54) is 7.11 Å². The third-order valence-electron chi connectivity index (χ3n) is 6.52. The van der Waals surface area contributed by atoms with E-state index < -0.39 is 78.0 Å². The first kappa shape index (κ1) is 29.1. The summed E-state index contributed by atoms with van der Waals surface area (Å²) in [5.41, 5.74) is 5.39. The molecule has 0 spiro atoms. The molecule has 1 aromatic carbocycles. The molecule has 1 aromatic heterocycles. The van der Waals surface area contributed by atoms with Crippen LogP contribution in [0.25, 0.3) is 0 Å². The monoisotopic (exact) mass is 562 g/mol. The van der Waals surface area contributed by atoms with Crippen LogP contribution in [0.1, 0.15) is 18.7 Å². The van der Waals surface area contributed by atoms with Crippen molar-refractivity contribution in [2.24, 2.45) is 5.73 Å². The van der Waals surface area contributed by atoms with Crippen molar-refractivity contribution in [3.63, 3.8) is 0 Å². The summed E-state index contributed by atoms with van der Waals surface area (Å²) in [7, 11) is 1.20. The lowest BCUT2D eigenvalue weighted by molar-refractivity contribution is -0.241. The first-order valence-electron chi connectivity index (χ1n) is 12.3. The largest absolute Gasteiger partial charge is 0.456 e. The third kappa shape index (κ3) is 5.99. The molecule has 2 aromatic rings. The fourth-order valence-electron chi connectivity index (χ4n) is 4.45. The van der Waals surface area contributed by atoms with Crippen molar-refractivity contribution in [1.29, 1.82) is 0 Å². The highest BCUT2D eigenvalue weighted by Gasteiger charge is 2.52. The van der Waals surface area contributed by atoms with E-state index in [1.54, 1.807) is 18.2 Å². The summed E-state index contributed by atoms with van der Waals surface area (Å²) in [6.07, 6.45) is -9.83. The van der Waals surface area contributed by atoms with Crippen LogP contribution in [0.2, 0.25) is 0 Å². The number of methoxy groups -OCH3 is 1. The van der Waals surface area contributed by atoms with E-state index in [1.807, 2.05) is 18.0 Å². The Balaban J connectivity index is 1.54. The Morgan fingerprint density at radius 1 is 1.20 bits per heavy atom. The number of nitrogens with one attached hydrogen (secondary N) is 2. The predicted molar refractivity (Wildman–Crippen MR) is 136 cm³/mol. The number of nitrogens with zero attached hydrogens (tertiary/aromatic N) is 1. The quantitative estimate of drug-likeness (QED) is 0.193. The zero-order valence-electron chi connectivity index (χ0n) is 21.5. The van der Waals surface area contributed by atoms with Gasteiger partial charge in [-0.05, 0) is 30.2 Å². The fourth-order valence-corrected chi connectivity index (χ4v) is 4.45. The molecule has 0 saturated carbocycles. The highest BCUT2D eigenvalue weighted by Crippen LogP contribution is 2.34. The van der Waals surface area contributed by atoms with E-state index in [0.717, 1.165) is 34.9 Å². The molecular formula is C25H30N4O11. The second kappa shape index (κ2) is 12.1. The van der Waals surface area contributed by atoms with Crippen molar-refractivity contribution >= 4 is 17.5 Å². The number of aliphatic hydroxyl groups is 3. The molecule has 15 heteroatoms. The number of carbonyl (C=O) groups is 2. The number of hydrogen-bond donors (Lipinski definition) is 6. The summed E-state index contributed by atoms with van der Waals surface area (Å²) in [5.74, 6) is -2.29. The Hall–Kier alpha value is -3.86. The van der Waals surface area contributed by atoms with E-state index in [9.17, 15) is 34.5 Å². The van der Waals surface area contributed by atoms with Crippen LogP contribution in [-0.4, -0.2) is 86.7 Å². The van der Waals surface area contributed by atoms with Crippen LogP contribution < -0.4 is 22.3 Å². The minimum Gasteiger partial charge on any atom is -0.456 e. The topological polar surface area (TPSA) is 225 Å². The highest BCUT2D eigenvalue weighted by molar-refractivity contribution is 6.02. The Morgan fingerprint density at radius 3 is 2.60 bits per heavy atom. The first-order valence-corrected chi connectivity index (χ1v) is 12.3. The van der Waals surface area contributed by atoms with E-state index in [2.05, 4.69) is 5.32 Å². The summed E-state index contributed by atoms with van der Waals surface area (Å²) in [5, 5.41) is 34.3. The number of aliphatic hydroxyl groups excluding tert-OH is 3. The van der Waals surface area contributed by atoms with Crippen molar-refractivity contribution in [3.05, 3.63) is 74.8 Å². The molecule has 0 radical (unpaired) electrons. The SMILES string of the molecule is CCc1cccc(NC(=O)C2=C[C@H](O)[C@H](O)[C@@H](O[C@@H](C(N)=O)[C@H]3O[C@@H](n4ccc(=O)[nH]c4=O)[C@H](O)[C@@H]3OC)O2)c1. The molecule has 7 N–H and O–H groups in total. The minimum absolute atomic E-state index is 0.402. The van der Waals surface area contributed by atoms with Gasteiger partial charge < -0.3 is 45.3 Å². The maximum atomic E-state index is 12.9. The molecule has 2 aliphatic rings. The molecule has 15 nitrogen and oxygen atoms in total. The number of hydrogen-bond acceptors (Lipinski definition) is 11. The molecule has 1 saturated heterocycles. The molecule has 40 heavy (non-hydrogen) atoms. The maximum absolute atomic E-state index is 12.9. The average molecular weight is 563 g/mol. The van der Waals surface area contributed by atoms with Crippen molar-refractivity contribution in [2.75, 3.05) is 12.4 Å². The van der Waals surface area contributed by atoms with Crippen LogP contribution in [-0.2, 0) is 35.0 Å². The van der Waals surface area contributed by atoms with Gasteiger partial charge in [0.1, 0.15) is 30.5 Å². The molecule has 3 heterocycles. The van der Waals surface area contributed by atoms with Crippen molar-refractivity contribution < 1.29 is 43.9 Å². The van der Waals surface area contributed by atoms with E-state index >= 15 is 0 Å². The van der Waals surface area contributed by atoms with Gasteiger partial charge in [-0.3, -0.25) is 23.9 Å². The van der Waals surface area contributed by atoms with Gasteiger partial charge in [-0.25, -0.2) is 4.79 Å². The van der Waals surface area contributed by atoms with Crippen LogP contribution in [0.3, 0.4) is 0 Å². The molecule has 0 aliphatic carbocycles. The number of aryl methyl sites for hydroxylation is 1. The smallest absolute Gasteiger partial charge is 0.330 e. The predicted octanol–water partition coefficient (Wildman–Crippen LogP) is -2.16. The number of rotatable bonds is 9. The number of carbonyl (C=O) groups excluding carboxylic acids is 2. The number of ether oxygens (including phenoxy) is 4. The lowest BCUT2D eigenvalue weighted by atomic mass is 10.0. The van der Waals surface area contributed by atoms with Crippen molar-refractivity contribution in [1.82, 2.24) is 9.55 Å². The number of nitrogens with two attached hydrogens (primary N) is 1. The van der Waals surface area contributed by atoms with E-state index in [4.69, 9.17) is 24.7 Å². The summed E-state index contributed by atoms with van der Waals surface area (Å²) in [6.45, 7) is 1.95. The number of H-pyrrole nitrogens is 1. The molecule has 1 fully saturated rings. The highest BCUT2D eigenvalue weighted by atomic mass is 16.7. The Morgan fingerprint density at radius 2 is 1.95 bits per heavy atom. The van der Waals surface area contributed by atoms with Gasteiger partial charge >= 0.3 is 5.69 Å². The van der Waals surface area contributed by atoms with Crippen LogP contribution in [0.15, 0.2) is 58.0 Å². The second-order valence-electron chi connectivity index (χ2n) is 9.17. The lowest BCUT2D eigenvalue weighted by Crippen LogP contribution is -2.53. The van der Waals surface area contributed by atoms with E-state index in [-0.39, 0.29) is 0 Å². The zero-order valence-corrected chi connectivity index (χ0v) is 21.5.